The van der Waals surface area contributed by atoms with Gasteiger partial charge < -0.3 is 10.6 Å². The number of carbonyl (C=O) groups is 4. The van der Waals surface area contributed by atoms with Gasteiger partial charge in [-0.05, 0) is 48.5 Å². The third-order valence-electron chi connectivity index (χ3n) is 4.27. The number of rotatable bonds is 7. The van der Waals surface area contributed by atoms with E-state index in [1.807, 2.05) is 0 Å². The van der Waals surface area contributed by atoms with E-state index in [-0.39, 0.29) is 17.0 Å². The van der Waals surface area contributed by atoms with Crippen LogP contribution in [-0.4, -0.2) is 48.1 Å². The maximum Gasteiger partial charge on any atom is 0.289 e. The number of thioether (sulfide) groups is 1. The van der Waals surface area contributed by atoms with Gasteiger partial charge in [-0.15, -0.1) is 0 Å². The number of hydrogen-bond donors (Lipinski definition) is 3. The number of sulfonamides is 1. The lowest BCUT2D eigenvalue weighted by molar-refractivity contribution is -0.131. The fraction of sp³-hybridized carbons (Fsp3) is 0.158. The lowest BCUT2D eigenvalue weighted by Gasteiger charge is -2.14. The van der Waals surface area contributed by atoms with Gasteiger partial charge >= 0.3 is 0 Å². The molecule has 0 aromatic heterocycles. The predicted octanol–water partition coefficient (Wildman–Crippen LogP) is 2.02. The molecular formula is C19H17ClN4O6S2. The first-order valence-corrected chi connectivity index (χ1v) is 11.8. The first kappa shape index (κ1) is 23.7. The standard InChI is InChI=1S/C19H17ClN4O6S2/c20-11-1-3-12(4-2-11)22-16(25)9-15-18(27)24(19(28)31-15)10-17(26)23-13-5-7-14(8-6-13)32(21,29)30/h1-8,15H,9-10H2,(H,22,25)(H,23,26)(H2,21,29,30)/t15-/m0/s1. The zero-order valence-electron chi connectivity index (χ0n) is 16.3. The monoisotopic (exact) mass is 496 g/mol. The summed E-state index contributed by atoms with van der Waals surface area (Å²) < 4.78 is 22.5. The zero-order chi connectivity index (χ0) is 23.5. The molecule has 0 radical (unpaired) electrons. The van der Waals surface area contributed by atoms with E-state index >= 15 is 0 Å². The van der Waals surface area contributed by atoms with Crippen LogP contribution in [0.4, 0.5) is 16.2 Å². The minimum absolute atomic E-state index is 0.128. The van der Waals surface area contributed by atoms with Gasteiger partial charge in [0, 0.05) is 22.8 Å². The molecule has 1 atom stereocenters. The van der Waals surface area contributed by atoms with Crippen LogP contribution in [0.1, 0.15) is 6.42 Å². The van der Waals surface area contributed by atoms with Gasteiger partial charge in [-0.2, -0.15) is 0 Å². The molecule has 1 aliphatic rings. The van der Waals surface area contributed by atoms with E-state index in [9.17, 15) is 27.6 Å². The van der Waals surface area contributed by atoms with Crippen LogP contribution < -0.4 is 15.8 Å². The molecule has 0 spiro atoms. The number of nitrogens with two attached hydrogens (primary N) is 1. The van der Waals surface area contributed by atoms with Crippen molar-refractivity contribution < 1.29 is 27.6 Å². The second-order valence-corrected chi connectivity index (χ2v) is 9.83. The molecule has 1 heterocycles. The van der Waals surface area contributed by atoms with Crippen LogP contribution in [0.25, 0.3) is 0 Å². The van der Waals surface area contributed by atoms with Crippen LogP contribution in [0.15, 0.2) is 53.4 Å². The SMILES string of the molecule is NS(=O)(=O)c1ccc(NC(=O)CN2C(=O)S[C@@H](CC(=O)Nc3ccc(Cl)cc3)C2=O)cc1. The molecule has 13 heteroatoms. The Morgan fingerprint density at radius 1 is 0.969 bits per heavy atom. The topological polar surface area (TPSA) is 156 Å². The van der Waals surface area contributed by atoms with Crippen molar-refractivity contribution in [2.75, 3.05) is 17.2 Å². The Morgan fingerprint density at radius 3 is 2.06 bits per heavy atom. The summed E-state index contributed by atoms with van der Waals surface area (Å²) in [6.07, 6.45) is -0.245. The Balaban J connectivity index is 1.55. The molecule has 10 nitrogen and oxygen atoms in total. The number of halogens is 1. The maximum atomic E-state index is 12.5. The fourth-order valence-corrected chi connectivity index (χ4v) is 4.39. The first-order chi connectivity index (χ1) is 15.0. The summed E-state index contributed by atoms with van der Waals surface area (Å²) in [5.41, 5.74) is 0.749. The van der Waals surface area contributed by atoms with Crippen molar-refractivity contribution in [3.63, 3.8) is 0 Å². The van der Waals surface area contributed by atoms with Gasteiger partial charge in [0.2, 0.25) is 27.7 Å². The highest BCUT2D eigenvalue weighted by molar-refractivity contribution is 8.15. The Bertz CT molecular complexity index is 1170. The second kappa shape index (κ2) is 9.69. The average Bonchev–Trinajstić information content (AvgIpc) is 2.96. The van der Waals surface area contributed by atoms with Gasteiger partial charge in [0.25, 0.3) is 5.24 Å². The fourth-order valence-electron chi connectivity index (χ4n) is 2.76. The Morgan fingerprint density at radius 2 is 1.50 bits per heavy atom. The molecule has 1 aliphatic heterocycles. The van der Waals surface area contributed by atoms with Crippen LogP contribution in [0.3, 0.4) is 0 Å². The first-order valence-electron chi connectivity index (χ1n) is 9.03. The molecular weight excluding hydrogens is 480 g/mol. The third kappa shape index (κ3) is 6.07. The Hall–Kier alpha value is -2.93. The molecule has 1 fully saturated rings. The Labute approximate surface area is 192 Å². The highest BCUT2D eigenvalue weighted by Crippen LogP contribution is 2.29. The molecule has 2 aromatic rings. The normalized spacial score (nSPS) is 16.2. The van der Waals surface area contributed by atoms with E-state index in [0.717, 1.165) is 4.90 Å². The number of benzene rings is 2. The minimum Gasteiger partial charge on any atom is -0.326 e. The lowest BCUT2D eigenvalue weighted by Crippen LogP contribution is -2.38. The van der Waals surface area contributed by atoms with Crippen LogP contribution in [0.2, 0.25) is 5.02 Å². The van der Waals surface area contributed by atoms with Gasteiger partial charge in [-0.1, -0.05) is 23.4 Å². The summed E-state index contributed by atoms with van der Waals surface area (Å²) in [4.78, 5) is 49.8. The maximum absolute atomic E-state index is 12.5. The molecule has 168 valence electrons. The summed E-state index contributed by atoms with van der Waals surface area (Å²) in [7, 11) is -3.87. The van der Waals surface area contributed by atoms with Crippen LogP contribution in [0, 0.1) is 0 Å². The zero-order valence-corrected chi connectivity index (χ0v) is 18.7. The summed E-state index contributed by atoms with van der Waals surface area (Å²) >= 11 is 6.46. The quantitative estimate of drug-likeness (QED) is 0.529. The number of anilines is 2. The average molecular weight is 497 g/mol. The number of carbonyl (C=O) groups excluding carboxylic acids is 4. The van der Waals surface area contributed by atoms with Crippen molar-refractivity contribution in [2.45, 2.75) is 16.6 Å². The van der Waals surface area contributed by atoms with E-state index in [0.29, 0.717) is 22.5 Å². The van der Waals surface area contributed by atoms with Gasteiger partial charge in [-0.3, -0.25) is 24.1 Å². The lowest BCUT2D eigenvalue weighted by atomic mass is 10.2. The third-order valence-corrected chi connectivity index (χ3v) is 6.53. The summed E-state index contributed by atoms with van der Waals surface area (Å²) in [5, 5.41) is 9.00. The van der Waals surface area contributed by atoms with E-state index in [2.05, 4.69) is 10.6 Å². The van der Waals surface area contributed by atoms with Crippen LogP contribution in [-0.2, 0) is 24.4 Å². The molecule has 3 rings (SSSR count). The number of imide groups is 1. The molecule has 0 bridgehead atoms. The summed E-state index contributed by atoms with van der Waals surface area (Å²) in [5.74, 6) is -1.78. The van der Waals surface area contributed by atoms with Crippen molar-refractivity contribution in [2.24, 2.45) is 5.14 Å². The van der Waals surface area contributed by atoms with Crippen molar-refractivity contribution in [3.05, 3.63) is 53.6 Å². The highest BCUT2D eigenvalue weighted by Gasteiger charge is 2.41. The van der Waals surface area contributed by atoms with Crippen molar-refractivity contribution >= 4 is 67.7 Å². The number of hydrogen-bond acceptors (Lipinski definition) is 7. The van der Waals surface area contributed by atoms with Crippen molar-refractivity contribution in [1.29, 1.82) is 0 Å². The number of nitrogens with one attached hydrogen (secondary N) is 2. The number of nitrogens with zero attached hydrogens (tertiary/aromatic N) is 1. The summed E-state index contributed by atoms with van der Waals surface area (Å²) in [6, 6.07) is 11.5. The smallest absolute Gasteiger partial charge is 0.289 e. The van der Waals surface area contributed by atoms with Crippen molar-refractivity contribution in [3.8, 4) is 0 Å². The Kier molecular flexibility index (Phi) is 7.19. The highest BCUT2D eigenvalue weighted by atomic mass is 35.5. The molecule has 4 amide bonds. The largest absolute Gasteiger partial charge is 0.326 e. The summed E-state index contributed by atoms with van der Waals surface area (Å²) in [6.45, 7) is -0.545. The molecule has 4 N–H and O–H groups in total. The molecule has 2 aromatic carbocycles. The number of amides is 4. The van der Waals surface area contributed by atoms with E-state index < -0.39 is 44.8 Å². The van der Waals surface area contributed by atoms with Gasteiger partial charge in [0.15, 0.2) is 0 Å². The van der Waals surface area contributed by atoms with E-state index in [4.69, 9.17) is 16.7 Å². The second-order valence-electron chi connectivity index (χ2n) is 6.67. The van der Waals surface area contributed by atoms with Crippen LogP contribution in [0.5, 0.6) is 0 Å². The van der Waals surface area contributed by atoms with Crippen molar-refractivity contribution in [1.82, 2.24) is 4.90 Å². The van der Waals surface area contributed by atoms with Crippen LogP contribution >= 0.6 is 23.4 Å². The van der Waals surface area contributed by atoms with E-state index in [1.54, 1.807) is 24.3 Å². The predicted molar refractivity (Wildman–Crippen MR) is 120 cm³/mol. The molecule has 1 saturated heterocycles. The molecule has 0 saturated carbocycles. The van der Waals surface area contributed by atoms with Gasteiger partial charge in [0.1, 0.15) is 11.8 Å². The minimum atomic E-state index is -3.87. The van der Waals surface area contributed by atoms with E-state index in [1.165, 1.54) is 24.3 Å². The van der Waals surface area contributed by atoms with Gasteiger partial charge in [0.05, 0.1) is 4.90 Å². The van der Waals surface area contributed by atoms with Gasteiger partial charge in [-0.25, -0.2) is 13.6 Å². The molecule has 0 unspecified atom stereocenters. The molecule has 32 heavy (non-hydrogen) atoms. The molecule has 0 aliphatic carbocycles. The number of primary sulfonamides is 1.